The number of likely N-dealkylation sites (tertiary alicyclic amines) is 1. The number of fused-ring (bicyclic) bond motifs is 2. The number of aliphatic hydroxyl groups excluding tert-OH is 1. The Bertz CT molecular complexity index is 2370. The number of hydrogen-bond donors (Lipinski definition) is 1. The molecule has 0 spiro atoms. The molecule has 2 aromatic heterocycles. The topological polar surface area (TPSA) is 139 Å². The Hall–Kier alpha value is -6.24. The van der Waals surface area contributed by atoms with Gasteiger partial charge in [0.15, 0.2) is 23.0 Å². The average molecular weight is 760 g/mol. The first-order valence-electron chi connectivity index (χ1n) is 18.0. The monoisotopic (exact) mass is 759 g/mol. The van der Waals surface area contributed by atoms with Gasteiger partial charge in [0.2, 0.25) is 11.6 Å². The van der Waals surface area contributed by atoms with Crippen LogP contribution < -0.4 is 28.4 Å². The van der Waals surface area contributed by atoms with Crippen molar-refractivity contribution in [2.45, 2.75) is 26.0 Å². The van der Waals surface area contributed by atoms with Crippen molar-refractivity contribution in [2.24, 2.45) is 0 Å². The Kier molecular flexibility index (Phi) is 12.6. The second-order valence-corrected chi connectivity index (χ2v) is 13.0. The van der Waals surface area contributed by atoms with Gasteiger partial charge in [0, 0.05) is 46.4 Å². The molecule has 0 unspecified atom stereocenters. The second kappa shape index (κ2) is 17.9. The molecule has 0 radical (unpaired) electrons. The van der Waals surface area contributed by atoms with E-state index in [0.29, 0.717) is 67.7 Å². The van der Waals surface area contributed by atoms with Crippen LogP contribution in [-0.4, -0.2) is 87.3 Å². The van der Waals surface area contributed by atoms with E-state index in [4.69, 9.17) is 28.4 Å². The van der Waals surface area contributed by atoms with E-state index >= 15 is 0 Å². The van der Waals surface area contributed by atoms with Gasteiger partial charge in [-0.15, -0.1) is 0 Å². The summed E-state index contributed by atoms with van der Waals surface area (Å²) < 4.78 is 32.2. The normalized spacial score (nSPS) is 12.5. The van der Waals surface area contributed by atoms with Gasteiger partial charge in [-0.1, -0.05) is 24.3 Å². The SMILES string of the molecule is COc1cccc(C(=O)c2ncc(CN3CCCC3)c3cc(OC)c(OC)cc23)c1.COc1cccc(C(=O)c2ncc(CO)c3cc(OC)c(OC)cc23)c1. The number of pyridine rings is 2. The second-order valence-electron chi connectivity index (χ2n) is 13.0. The highest BCUT2D eigenvalue weighted by atomic mass is 16.5. The van der Waals surface area contributed by atoms with Crippen molar-refractivity contribution in [3.8, 4) is 34.5 Å². The molecule has 1 N–H and O–H groups in total. The Morgan fingerprint density at radius 2 is 0.982 bits per heavy atom. The number of rotatable bonds is 13. The number of ether oxygens (including phenoxy) is 6. The van der Waals surface area contributed by atoms with Gasteiger partial charge in [-0.25, -0.2) is 0 Å². The molecule has 0 atom stereocenters. The van der Waals surface area contributed by atoms with Crippen LogP contribution in [0.15, 0.2) is 85.2 Å². The van der Waals surface area contributed by atoms with Crippen LogP contribution in [0.4, 0.5) is 0 Å². The van der Waals surface area contributed by atoms with E-state index < -0.39 is 0 Å². The van der Waals surface area contributed by atoms with E-state index in [2.05, 4.69) is 14.9 Å². The number of carbonyl (C=O) groups is 2. The summed E-state index contributed by atoms with van der Waals surface area (Å²) in [6, 6.07) is 21.3. The van der Waals surface area contributed by atoms with Crippen molar-refractivity contribution in [1.29, 1.82) is 0 Å². The van der Waals surface area contributed by atoms with Crippen LogP contribution in [0.1, 0.15) is 56.1 Å². The average Bonchev–Trinajstić information content (AvgIpc) is 3.78. The molecule has 3 heterocycles. The lowest BCUT2D eigenvalue weighted by Crippen LogP contribution is -2.19. The summed E-state index contributed by atoms with van der Waals surface area (Å²) in [4.78, 5) is 37.7. The van der Waals surface area contributed by atoms with Crippen molar-refractivity contribution in [2.75, 3.05) is 55.7 Å². The van der Waals surface area contributed by atoms with Crippen LogP contribution >= 0.6 is 0 Å². The van der Waals surface area contributed by atoms with E-state index in [1.807, 2.05) is 24.4 Å². The number of aliphatic hydroxyl groups is 1. The Morgan fingerprint density at radius 1 is 0.571 bits per heavy atom. The molecule has 12 nitrogen and oxygen atoms in total. The van der Waals surface area contributed by atoms with Gasteiger partial charge in [0.1, 0.15) is 22.9 Å². The molecule has 1 saturated heterocycles. The molecule has 56 heavy (non-hydrogen) atoms. The number of methoxy groups -OCH3 is 6. The van der Waals surface area contributed by atoms with Crippen LogP contribution in [0.25, 0.3) is 21.5 Å². The standard InChI is InChI=1S/C24H26N2O4.C20H19NO5/c1-28-18-8-6-7-16(11-18)24(27)23-20-13-22(30-3)21(29-2)12-19(20)17(14-25-23)15-26-9-4-5-10-26;1-24-14-6-4-5-12(7-14)20(23)19-16-9-18(26-3)17(25-2)8-15(16)13(11-22)10-21-19/h6-8,11-14H,4-5,9-10,15H2,1-3H3;4-10,22H,11H2,1-3H3. The molecule has 1 fully saturated rings. The number of benzene rings is 4. The van der Waals surface area contributed by atoms with Crippen molar-refractivity contribution in [1.82, 2.24) is 14.9 Å². The third kappa shape index (κ3) is 8.21. The summed E-state index contributed by atoms with van der Waals surface area (Å²) in [5, 5.41) is 12.6. The first-order chi connectivity index (χ1) is 27.3. The molecule has 0 saturated carbocycles. The number of nitrogens with zero attached hydrogens (tertiary/aromatic N) is 3. The Balaban J connectivity index is 0.000000192. The van der Waals surface area contributed by atoms with E-state index in [-0.39, 0.29) is 23.9 Å². The van der Waals surface area contributed by atoms with Crippen molar-refractivity contribution in [3.63, 3.8) is 0 Å². The summed E-state index contributed by atoms with van der Waals surface area (Å²) in [6.07, 6.45) is 5.76. The smallest absolute Gasteiger partial charge is 0.212 e. The molecule has 0 bridgehead atoms. The quantitative estimate of drug-likeness (QED) is 0.121. The van der Waals surface area contributed by atoms with Crippen molar-refractivity contribution < 1.29 is 43.1 Å². The Labute approximate surface area is 325 Å². The highest BCUT2D eigenvalue weighted by molar-refractivity contribution is 6.16. The minimum absolute atomic E-state index is 0.154. The molecular formula is C44H45N3O9. The zero-order valence-electron chi connectivity index (χ0n) is 32.4. The third-order valence-corrected chi connectivity index (χ3v) is 9.81. The number of carbonyl (C=O) groups excluding carboxylic acids is 2. The molecule has 290 valence electrons. The Morgan fingerprint density at radius 3 is 1.39 bits per heavy atom. The molecule has 6 aromatic rings. The zero-order valence-corrected chi connectivity index (χ0v) is 32.4. The van der Waals surface area contributed by atoms with Crippen LogP contribution in [0.5, 0.6) is 34.5 Å². The minimum atomic E-state index is -0.245. The van der Waals surface area contributed by atoms with E-state index in [1.54, 1.807) is 83.0 Å². The summed E-state index contributed by atoms with van der Waals surface area (Å²) in [7, 11) is 9.40. The largest absolute Gasteiger partial charge is 0.497 e. The lowest BCUT2D eigenvalue weighted by molar-refractivity contribution is 0.102. The number of ketones is 2. The maximum Gasteiger partial charge on any atom is 0.212 e. The number of aromatic nitrogens is 2. The van der Waals surface area contributed by atoms with Gasteiger partial charge in [-0.3, -0.25) is 24.5 Å². The van der Waals surface area contributed by atoms with Gasteiger partial charge in [0.25, 0.3) is 0 Å². The van der Waals surface area contributed by atoms with E-state index in [1.165, 1.54) is 33.3 Å². The van der Waals surface area contributed by atoms with Crippen LogP contribution in [-0.2, 0) is 13.2 Å². The van der Waals surface area contributed by atoms with Gasteiger partial charge < -0.3 is 33.5 Å². The zero-order chi connectivity index (χ0) is 39.8. The van der Waals surface area contributed by atoms with Gasteiger partial charge in [-0.05, 0) is 90.8 Å². The first-order valence-corrected chi connectivity index (χ1v) is 18.0. The van der Waals surface area contributed by atoms with E-state index in [0.717, 1.165) is 36.0 Å². The van der Waals surface area contributed by atoms with Crippen LogP contribution in [0.2, 0.25) is 0 Å². The molecule has 0 aliphatic carbocycles. The lowest BCUT2D eigenvalue weighted by Gasteiger charge is -2.18. The fourth-order valence-corrected chi connectivity index (χ4v) is 6.84. The maximum atomic E-state index is 13.3. The summed E-state index contributed by atoms with van der Waals surface area (Å²) in [6.45, 7) is 2.76. The first kappa shape index (κ1) is 39.5. The fourth-order valence-electron chi connectivity index (χ4n) is 6.84. The van der Waals surface area contributed by atoms with Crippen LogP contribution in [0, 0.1) is 0 Å². The van der Waals surface area contributed by atoms with Crippen molar-refractivity contribution >= 4 is 33.1 Å². The van der Waals surface area contributed by atoms with E-state index in [9.17, 15) is 14.7 Å². The molecule has 12 heteroatoms. The molecule has 7 rings (SSSR count). The van der Waals surface area contributed by atoms with Crippen molar-refractivity contribution in [3.05, 3.63) is 119 Å². The van der Waals surface area contributed by atoms with Gasteiger partial charge in [-0.2, -0.15) is 0 Å². The summed E-state index contributed by atoms with van der Waals surface area (Å²) in [5.74, 6) is 3.03. The van der Waals surface area contributed by atoms with Gasteiger partial charge >= 0.3 is 0 Å². The predicted molar refractivity (Wildman–Crippen MR) is 213 cm³/mol. The molecule has 1 aliphatic rings. The summed E-state index contributed by atoms with van der Waals surface area (Å²) >= 11 is 0. The highest BCUT2D eigenvalue weighted by Crippen LogP contribution is 2.37. The molecule has 1 aliphatic heterocycles. The molecular weight excluding hydrogens is 714 g/mol. The minimum Gasteiger partial charge on any atom is -0.497 e. The third-order valence-electron chi connectivity index (χ3n) is 9.81. The molecule has 4 aromatic carbocycles. The maximum absolute atomic E-state index is 13.3. The lowest BCUT2D eigenvalue weighted by atomic mass is 9.98. The predicted octanol–water partition coefficient (Wildman–Crippen LogP) is 7.07. The summed E-state index contributed by atoms with van der Waals surface area (Å²) in [5.41, 5.74) is 3.34. The fraction of sp³-hybridized carbons (Fsp3) is 0.273. The van der Waals surface area contributed by atoms with Gasteiger partial charge in [0.05, 0.1) is 49.3 Å². The highest BCUT2D eigenvalue weighted by Gasteiger charge is 2.22. The van der Waals surface area contributed by atoms with Crippen LogP contribution in [0.3, 0.4) is 0 Å². The molecule has 0 amide bonds. The number of hydrogen-bond acceptors (Lipinski definition) is 12.